The maximum absolute atomic E-state index is 5.98. The predicted molar refractivity (Wildman–Crippen MR) is 128 cm³/mol. The average molecular weight is 421 g/mol. The SMILES string of the molecule is CCCCCCCCCCCCCCCCOC(COC)COCc1ccccc1. The van der Waals surface area contributed by atoms with Crippen LogP contribution in [-0.2, 0) is 20.8 Å². The summed E-state index contributed by atoms with van der Waals surface area (Å²) in [6.45, 7) is 4.90. The lowest BCUT2D eigenvalue weighted by molar-refractivity contribution is -0.0557. The molecule has 0 aliphatic rings. The van der Waals surface area contributed by atoms with Crippen LogP contribution in [0.15, 0.2) is 30.3 Å². The Morgan fingerprint density at radius 1 is 0.667 bits per heavy atom. The largest absolute Gasteiger partial charge is 0.382 e. The second-order valence-electron chi connectivity index (χ2n) is 8.55. The third-order valence-corrected chi connectivity index (χ3v) is 5.62. The minimum Gasteiger partial charge on any atom is -0.382 e. The van der Waals surface area contributed by atoms with Gasteiger partial charge in [0.1, 0.15) is 6.10 Å². The molecule has 0 saturated heterocycles. The van der Waals surface area contributed by atoms with Gasteiger partial charge in [-0.15, -0.1) is 0 Å². The summed E-state index contributed by atoms with van der Waals surface area (Å²) in [5, 5.41) is 0. The quantitative estimate of drug-likeness (QED) is 0.180. The van der Waals surface area contributed by atoms with Crippen LogP contribution in [0.25, 0.3) is 0 Å². The number of rotatable bonds is 22. The smallest absolute Gasteiger partial charge is 0.104 e. The summed E-state index contributed by atoms with van der Waals surface area (Å²) in [6, 6.07) is 10.3. The van der Waals surface area contributed by atoms with Gasteiger partial charge in [-0.05, 0) is 12.0 Å². The Morgan fingerprint density at radius 3 is 1.73 bits per heavy atom. The fourth-order valence-corrected chi connectivity index (χ4v) is 3.76. The lowest BCUT2D eigenvalue weighted by atomic mass is 10.0. The van der Waals surface area contributed by atoms with Gasteiger partial charge >= 0.3 is 0 Å². The van der Waals surface area contributed by atoms with E-state index < -0.39 is 0 Å². The van der Waals surface area contributed by atoms with Crippen molar-refractivity contribution in [3.63, 3.8) is 0 Å². The first-order valence-electron chi connectivity index (χ1n) is 12.6. The van der Waals surface area contributed by atoms with Crippen LogP contribution in [0.5, 0.6) is 0 Å². The normalized spacial score (nSPS) is 12.3. The van der Waals surface area contributed by atoms with Crippen molar-refractivity contribution in [3.8, 4) is 0 Å². The lowest BCUT2D eigenvalue weighted by Crippen LogP contribution is -2.25. The molecule has 1 aromatic carbocycles. The van der Waals surface area contributed by atoms with E-state index in [1.807, 2.05) is 18.2 Å². The van der Waals surface area contributed by atoms with Gasteiger partial charge in [0.25, 0.3) is 0 Å². The molecule has 1 rings (SSSR count). The monoisotopic (exact) mass is 420 g/mol. The van der Waals surface area contributed by atoms with E-state index in [9.17, 15) is 0 Å². The molecule has 3 heteroatoms. The van der Waals surface area contributed by atoms with Crippen molar-refractivity contribution in [3.05, 3.63) is 35.9 Å². The molecule has 1 aromatic rings. The molecule has 0 aliphatic heterocycles. The van der Waals surface area contributed by atoms with Crippen LogP contribution in [0, 0.1) is 0 Å². The van der Waals surface area contributed by atoms with Gasteiger partial charge in [-0.1, -0.05) is 121 Å². The molecule has 0 bridgehead atoms. The zero-order valence-corrected chi connectivity index (χ0v) is 19.9. The highest BCUT2D eigenvalue weighted by Gasteiger charge is 2.09. The van der Waals surface area contributed by atoms with Crippen molar-refractivity contribution in [2.75, 3.05) is 26.9 Å². The van der Waals surface area contributed by atoms with E-state index in [0.717, 1.165) is 13.0 Å². The maximum Gasteiger partial charge on any atom is 0.104 e. The Hall–Kier alpha value is -0.900. The second-order valence-corrected chi connectivity index (χ2v) is 8.55. The van der Waals surface area contributed by atoms with Crippen LogP contribution in [0.3, 0.4) is 0 Å². The van der Waals surface area contributed by atoms with Crippen molar-refractivity contribution in [2.24, 2.45) is 0 Å². The standard InChI is InChI=1S/C27H48O3/c1-3-4-5-6-7-8-9-10-11-12-13-14-15-19-22-30-27(24-28-2)25-29-23-26-20-17-16-18-21-26/h16-18,20-21,27H,3-15,19,22-25H2,1-2H3. The van der Waals surface area contributed by atoms with E-state index in [-0.39, 0.29) is 6.10 Å². The Kier molecular flexibility index (Phi) is 19.3. The summed E-state index contributed by atoms with van der Waals surface area (Å²) < 4.78 is 17.1. The molecule has 0 fully saturated rings. The highest BCUT2D eigenvalue weighted by atomic mass is 16.6. The molecule has 0 aromatic heterocycles. The molecule has 0 heterocycles. The van der Waals surface area contributed by atoms with Gasteiger partial charge in [-0.3, -0.25) is 0 Å². The van der Waals surface area contributed by atoms with Crippen molar-refractivity contribution >= 4 is 0 Å². The van der Waals surface area contributed by atoms with Gasteiger partial charge in [0.05, 0.1) is 19.8 Å². The molecule has 1 unspecified atom stereocenters. The minimum atomic E-state index is 0.0284. The molecule has 0 N–H and O–H groups in total. The first-order valence-corrected chi connectivity index (χ1v) is 12.6. The van der Waals surface area contributed by atoms with Gasteiger partial charge < -0.3 is 14.2 Å². The van der Waals surface area contributed by atoms with Crippen molar-refractivity contribution in [2.45, 2.75) is 110 Å². The van der Waals surface area contributed by atoms with E-state index in [4.69, 9.17) is 14.2 Å². The number of ether oxygens (including phenoxy) is 3. The molecule has 0 aliphatic carbocycles. The molecule has 0 spiro atoms. The first-order chi connectivity index (χ1) is 14.9. The summed E-state index contributed by atoms with van der Waals surface area (Å²) in [4.78, 5) is 0. The molecular formula is C27H48O3. The number of methoxy groups -OCH3 is 1. The minimum absolute atomic E-state index is 0.0284. The lowest BCUT2D eigenvalue weighted by Gasteiger charge is -2.17. The topological polar surface area (TPSA) is 27.7 Å². The fourth-order valence-electron chi connectivity index (χ4n) is 3.76. The Balaban J connectivity index is 1.87. The van der Waals surface area contributed by atoms with Crippen LogP contribution in [0.1, 0.15) is 102 Å². The van der Waals surface area contributed by atoms with Crippen LogP contribution >= 0.6 is 0 Å². The van der Waals surface area contributed by atoms with Crippen molar-refractivity contribution in [1.82, 2.24) is 0 Å². The van der Waals surface area contributed by atoms with E-state index in [1.165, 1.54) is 89.0 Å². The highest BCUT2D eigenvalue weighted by Crippen LogP contribution is 2.13. The predicted octanol–water partition coefficient (Wildman–Crippen LogP) is 7.72. The summed E-state index contributed by atoms with van der Waals surface area (Å²) >= 11 is 0. The summed E-state index contributed by atoms with van der Waals surface area (Å²) in [7, 11) is 1.72. The molecule has 0 amide bonds. The Labute approximate surface area is 186 Å². The zero-order valence-electron chi connectivity index (χ0n) is 19.9. The number of hydrogen-bond donors (Lipinski definition) is 0. The Bertz CT molecular complexity index is 449. The molecule has 0 radical (unpaired) electrons. The van der Waals surface area contributed by atoms with E-state index in [0.29, 0.717) is 19.8 Å². The van der Waals surface area contributed by atoms with Gasteiger partial charge in [0.2, 0.25) is 0 Å². The van der Waals surface area contributed by atoms with Crippen LogP contribution in [0.4, 0.5) is 0 Å². The van der Waals surface area contributed by atoms with E-state index in [2.05, 4.69) is 19.1 Å². The third kappa shape index (κ3) is 16.8. The second kappa shape index (κ2) is 21.3. The third-order valence-electron chi connectivity index (χ3n) is 5.62. The zero-order chi connectivity index (χ0) is 21.5. The first kappa shape index (κ1) is 27.1. The molecule has 1 atom stereocenters. The van der Waals surface area contributed by atoms with Crippen LogP contribution in [-0.4, -0.2) is 33.0 Å². The van der Waals surface area contributed by atoms with Crippen molar-refractivity contribution < 1.29 is 14.2 Å². The fraction of sp³-hybridized carbons (Fsp3) is 0.778. The highest BCUT2D eigenvalue weighted by molar-refractivity contribution is 5.13. The number of hydrogen-bond acceptors (Lipinski definition) is 3. The van der Waals surface area contributed by atoms with Gasteiger partial charge in [0, 0.05) is 13.7 Å². The van der Waals surface area contributed by atoms with E-state index >= 15 is 0 Å². The van der Waals surface area contributed by atoms with Crippen LogP contribution in [0.2, 0.25) is 0 Å². The van der Waals surface area contributed by atoms with Gasteiger partial charge in [0.15, 0.2) is 0 Å². The molecule has 3 nitrogen and oxygen atoms in total. The number of benzene rings is 1. The summed E-state index contributed by atoms with van der Waals surface area (Å²) in [5.41, 5.74) is 1.20. The van der Waals surface area contributed by atoms with Crippen molar-refractivity contribution in [1.29, 1.82) is 0 Å². The van der Waals surface area contributed by atoms with Gasteiger partial charge in [-0.2, -0.15) is 0 Å². The molecule has 174 valence electrons. The summed E-state index contributed by atoms with van der Waals surface area (Å²) in [6.07, 6.45) is 19.4. The van der Waals surface area contributed by atoms with Gasteiger partial charge in [-0.25, -0.2) is 0 Å². The molecular weight excluding hydrogens is 372 g/mol. The summed E-state index contributed by atoms with van der Waals surface area (Å²) in [5.74, 6) is 0. The number of unbranched alkanes of at least 4 members (excludes halogenated alkanes) is 13. The Morgan fingerprint density at radius 2 is 1.20 bits per heavy atom. The molecule has 0 saturated carbocycles. The van der Waals surface area contributed by atoms with E-state index in [1.54, 1.807) is 7.11 Å². The van der Waals surface area contributed by atoms with Crippen LogP contribution < -0.4 is 0 Å². The average Bonchev–Trinajstić information content (AvgIpc) is 2.77. The molecule has 30 heavy (non-hydrogen) atoms. The maximum atomic E-state index is 5.98.